The predicted molar refractivity (Wildman–Crippen MR) is 127 cm³/mol. The second-order valence-corrected chi connectivity index (χ2v) is 9.33. The van der Waals surface area contributed by atoms with Gasteiger partial charge in [-0.2, -0.15) is 0 Å². The van der Waals surface area contributed by atoms with Crippen LogP contribution in [0.2, 0.25) is 0 Å². The topological polar surface area (TPSA) is 63.5 Å². The lowest BCUT2D eigenvalue weighted by molar-refractivity contribution is -0.384. The van der Waals surface area contributed by atoms with Gasteiger partial charge in [0.2, 0.25) is 0 Å². The number of anilines is 1. The molecule has 32 heavy (non-hydrogen) atoms. The molecule has 5 heteroatoms. The van der Waals surface area contributed by atoms with Gasteiger partial charge in [-0.3, -0.25) is 14.9 Å². The zero-order chi connectivity index (χ0) is 23.1. The Kier molecular flexibility index (Phi) is 5.37. The molecule has 0 saturated carbocycles. The Labute approximate surface area is 188 Å². The number of rotatable bonds is 4. The first kappa shape index (κ1) is 21.8. The number of hydrogen-bond acceptors (Lipinski definition) is 3. The molecular formula is C27H28N2O3. The highest BCUT2D eigenvalue weighted by atomic mass is 16.6. The number of carbonyl (C=O) groups excluding carboxylic acids is 1. The highest BCUT2D eigenvalue weighted by molar-refractivity contribution is 6.08. The van der Waals surface area contributed by atoms with Gasteiger partial charge in [-0.1, -0.05) is 56.3 Å². The minimum atomic E-state index is -0.467. The zero-order valence-electron chi connectivity index (χ0n) is 19.0. The van der Waals surface area contributed by atoms with Crippen molar-refractivity contribution in [1.82, 2.24) is 0 Å². The Bertz CT molecular complexity index is 1170. The van der Waals surface area contributed by atoms with Crippen LogP contribution in [0.1, 0.15) is 61.2 Å². The van der Waals surface area contributed by atoms with Crippen LogP contribution in [0.25, 0.3) is 0 Å². The Morgan fingerprint density at radius 2 is 1.59 bits per heavy atom. The number of aryl methyl sites for hydroxylation is 1. The number of para-hydroxylation sites is 1. The standard InChI is InChI=1S/C27H28N2O3/c1-5-19-10-14-21(15-11-19)27(4)18-26(2,3)28(24-9-7-6-8-23(24)27)25(30)20-12-16-22(17-13-20)29(31)32/h6-17H,5,18H2,1-4H3/t27-/m1/s1. The van der Waals surface area contributed by atoms with E-state index in [1.54, 1.807) is 0 Å². The minimum Gasteiger partial charge on any atom is -0.302 e. The summed E-state index contributed by atoms with van der Waals surface area (Å²) in [5.41, 5.74) is 4.22. The SMILES string of the molecule is CCc1ccc([C@@]2(C)CC(C)(C)N(C(=O)c3ccc([N+](=O)[O-])cc3)c3ccccc32)cc1. The fourth-order valence-corrected chi connectivity index (χ4v) is 5.11. The summed E-state index contributed by atoms with van der Waals surface area (Å²) in [6, 6.07) is 22.7. The number of nitrogens with zero attached hydrogens (tertiary/aromatic N) is 2. The highest BCUT2D eigenvalue weighted by Crippen LogP contribution is 2.50. The monoisotopic (exact) mass is 428 g/mol. The third-order valence-corrected chi connectivity index (χ3v) is 6.66. The van der Waals surface area contributed by atoms with E-state index in [1.165, 1.54) is 35.4 Å². The Morgan fingerprint density at radius 1 is 0.969 bits per heavy atom. The maximum absolute atomic E-state index is 13.6. The molecule has 0 unspecified atom stereocenters. The third-order valence-electron chi connectivity index (χ3n) is 6.66. The first-order chi connectivity index (χ1) is 15.2. The molecule has 0 N–H and O–H groups in total. The van der Waals surface area contributed by atoms with E-state index in [1.807, 2.05) is 23.1 Å². The molecule has 0 bridgehead atoms. The van der Waals surface area contributed by atoms with Gasteiger partial charge >= 0.3 is 0 Å². The number of benzene rings is 3. The van der Waals surface area contributed by atoms with E-state index >= 15 is 0 Å². The van der Waals surface area contributed by atoms with Crippen molar-refractivity contribution in [2.24, 2.45) is 0 Å². The molecule has 0 spiro atoms. The van der Waals surface area contributed by atoms with Gasteiger partial charge in [-0.15, -0.1) is 0 Å². The number of amides is 1. The summed E-state index contributed by atoms with van der Waals surface area (Å²) in [5.74, 6) is -0.152. The van der Waals surface area contributed by atoms with Gasteiger partial charge < -0.3 is 4.90 Å². The summed E-state index contributed by atoms with van der Waals surface area (Å²) in [6.45, 7) is 8.58. The molecule has 5 nitrogen and oxygen atoms in total. The average Bonchev–Trinajstić information content (AvgIpc) is 2.78. The molecule has 0 saturated heterocycles. The van der Waals surface area contributed by atoms with E-state index in [9.17, 15) is 14.9 Å². The first-order valence-electron chi connectivity index (χ1n) is 11.0. The summed E-state index contributed by atoms with van der Waals surface area (Å²) in [5, 5.41) is 11.0. The minimum absolute atomic E-state index is 0.0250. The molecule has 1 heterocycles. The summed E-state index contributed by atoms with van der Waals surface area (Å²) in [4.78, 5) is 26.1. The Balaban J connectivity index is 1.81. The molecule has 1 aliphatic heterocycles. The number of fused-ring (bicyclic) bond motifs is 1. The van der Waals surface area contributed by atoms with Crippen molar-refractivity contribution < 1.29 is 9.72 Å². The normalized spacial score (nSPS) is 19.3. The van der Waals surface area contributed by atoms with Crippen molar-refractivity contribution in [3.05, 3.63) is 105 Å². The number of nitro benzene ring substituents is 1. The molecule has 1 amide bonds. The predicted octanol–water partition coefficient (Wildman–Crippen LogP) is 6.29. The van der Waals surface area contributed by atoms with Crippen LogP contribution < -0.4 is 4.90 Å². The van der Waals surface area contributed by atoms with Crippen molar-refractivity contribution in [2.75, 3.05) is 4.90 Å². The molecule has 3 aromatic carbocycles. The zero-order valence-corrected chi connectivity index (χ0v) is 19.0. The summed E-state index contributed by atoms with van der Waals surface area (Å²) in [7, 11) is 0. The van der Waals surface area contributed by atoms with E-state index < -0.39 is 10.5 Å². The van der Waals surface area contributed by atoms with Crippen LogP contribution in [0.15, 0.2) is 72.8 Å². The van der Waals surface area contributed by atoms with Gasteiger partial charge in [0.25, 0.3) is 11.6 Å². The molecule has 1 aliphatic rings. The largest absolute Gasteiger partial charge is 0.302 e. The van der Waals surface area contributed by atoms with E-state index in [0.29, 0.717) is 5.56 Å². The van der Waals surface area contributed by atoms with Crippen LogP contribution in [-0.2, 0) is 11.8 Å². The lowest BCUT2D eigenvalue weighted by atomic mass is 9.65. The van der Waals surface area contributed by atoms with Crippen molar-refractivity contribution in [3.8, 4) is 0 Å². The molecule has 3 aromatic rings. The third kappa shape index (κ3) is 3.58. The molecule has 0 fully saturated rings. The van der Waals surface area contributed by atoms with Crippen LogP contribution in [0.4, 0.5) is 11.4 Å². The van der Waals surface area contributed by atoms with Gasteiger partial charge in [-0.25, -0.2) is 0 Å². The van der Waals surface area contributed by atoms with E-state index in [0.717, 1.165) is 24.1 Å². The van der Waals surface area contributed by atoms with Gasteiger partial charge in [0.1, 0.15) is 0 Å². The van der Waals surface area contributed by atoms with Crippen LogP contribution in [0, 0.1) is 10.1 Å². The lowest BCUT2D eigenvalue weighted by Crippen LogP contribution is -2.55. The smallest absolute Gasteiger partial charge is 0.269 e. The first-order valence-corrected chi connectivity index (χ1v) is 11.0. The van der Waals surface area contributed by atoms with E-state index in [4.69, 9.17) is 0 Å². The maximum Gasteiger partial charge on any atom is 0.269 e. The van der Waals surface area contributed by atoms with Crippen LogP contribution in [0.3, 0.4) is 0 Å². The van der Waals surface area contributed by atoms with Gasteiger partial charge in [-0.05, 0) is 61.6 Å². The number of carbonyl (C=O) groups is 1. The molecule has 1 atom stereocenters. The van der Waals surface area contributed by atoms with E-state index in [2.05, 4.69) is 58.0 Å². The van der Waals surface area contributed by atoms with Crippen LogP contribution in [-0.4, -0.2) is 16.4 Å². The Hall–Kier alpha value is -3.47. The number of hydrogen-bond donors (Lipinski definition) is 0. The van der Waals surface area contributed by atoms with Crippen LogP contribution in [0.5, 0.6) is 0 Å². The van der Waals surface area contributed by atoms with E-state index in [-0.39, 0.29) is 17.0 Å². The van der Waals surface area contributed by atoms with Crippen molar-refractivity contribution in [3.63, 3.8) is 0 Å². The highest BCUT2D eigenvalue weighted by Gasteiger charge is 2.47. The average molecular weight is 429 g/mol. The molecule has 0 aliphatic carbocycles. The molecular weight excluding hydrogens is 400 g/mol. The van der Waals surface area contributed by atoms with Gasteiger partial charge in [0, 0.05) is 34.3 Å². The summed E-state index contributed by atoms with van der Waals surface area (Å²) >= 11 is 0. The van der Waals surface area contributed by atoms with Crippen LogP contribution >= 0.6 is 0 Å². The Morgan fingerprint density at radius 3 is 2.19 bits per heavy atom. The lowest BCUT2D eigenvalue weighted by Gasteiger charge is -2.51. The number of non-ortho nitro benzene ring substituents is 1. The molecule has 164 valence electrons. The molecule has 4 rings (SSSR count). The summed E-state index contributed by atoms with van der Waals surface area (Å²) < 4.78 is 0. The van der Waals surface area contributed by atoms with Gasteiger partial charge in [0.05, 0.1) is 4.92 Å². The maximum atomic E-state index is 13.6. The number of nitro groups is 1. The van der Waals surface area contributed by atoms with Gasteiger partial charge in [0.15, 0.2) is 0 Å². The second kappa shape index (κ2) is 7.90. The second-order valence-electron chi connectivity index (χ2n) is 9.33. The van der Waals surface area contributed by atoms with Crippen molar-refractivity contribution >= 4 is 17.3 Å². The summed E-state index contributed by atoms with van der Waals surface area (Å²) in [6.07, 6.45) is 1.75. The fraction of sp³-hybridized carbons (Fsp3) is 0.296. The molecule has 0 aromatic heterocycles. The fourth-order valence-electron chi connectivity index (χ4n) is 5.11. The quantitative estimate of drug-likeness (QED) is 0.362. The van der Waals surface area contributed by atoms with Crippen molar-refractivity contribution in [1.29, 1.82) is 0 Å². The van der Waals surface area contributed by atoms with Crippen molar-refractivity contribution in [2.45, 2.75) is 51.5 Å². The molecule has 0 radical (unpaired) electrons.